The second-order valence-corrected chi connectivity index (χ2v) is 10.3. The van der Waals surface area contributed by atoms with Crippen molar-refractivity contribution in [2.75, 3.05) is 4.90 Å². The molecule has 9 nitrogen and oxygen atoms in total. The molecule has 2 N–H and O–H groups in total. The standard InChI is InChI=1S/C24H25ClF3N7O2/c1-23(2,37-20-8-3-13(25)9-18(20)24(26,27)28)22(36)30-14-10-15-4-5-16(11-14)35(15)17-6-7-19(29-12-17)21-31-33-34-32-21/h3,6-9,12,14-16H,4-5,10-11H2,1-2H3,(H,30,36)(H,31,32,33,34)/t14?,15-,16+. The Hall–Kier alpha value is -3.41. The second kappa shape index (κ2) is 9.47. The van der Waals surface area contributed by atoms with Crippen LogP contribution in [0.4, 0.5) is 18.9 Å². The van der Waals surface area contributed by atoms with Crippen LogP contribution in [0.15, 0.2) is 36.5 Å². The highest BCUT2D eigenvalue weighted by atomic mass is 35.5. The summed E-state index contributed by atoms with van der Waals surface area (Å²) in [5.74, 6) is -0.495. The number of nitrogens with one attached hydrogen (secondary N) is 2. The largest absolute Gasteiger partial charge is 0.477 e. The summed E-state index contributed by atoms with van der Waals surface area (Å²) in [5.41, 5.74) is -0.954. The average molecular weight is 536 g/mol. The number of rotatable bonds is 6. The van der Waals surface area contributed by atoms with Gasteiger partial charge in [0.2, 0.25) is 5.82 Å². The van der Waals surface area contributed by atoms with Crippen LogP contribution in [-0.4, -0.2) is 55.2 Å². The Kier molecular flexibility index (Phi) is 6.47. The topological polar surface area (TPSA) is 109 Å². The van der Waals surface area contributed by atoms with Gasteiger partial charge in [-0.25, -0.2) is 0 Å². The number of aromatic amines is 1. The van der Waals surface area contributed by atoms with E-state index in [1.165, 1.54) is 19.9 Å². The highest BCUT2D eigenvalue weighted by Gasteiger charge is 2.43. The first-order chi connectivity index (χ1) is 17.5. The van der Waals surface area contributed by atoms with E-state index in [0.717, 1.165) is 30.7 Å². The highest BCUT2D eigenvalue weighted by molar-refractivity contribution is 6.30. The molecule has 4 heterocycles. The molecule has 0 spiro atoms. The van der Waals surface area contributed by atoms with E-state index in [1.54, 1.807) is 6.20 Å². The minimum Gasteiger partial charge on any atom is -0.477 e. The third-order valence-electron chi connectivity index (χ3n) is 6.85. The number of ether oxygens (including phenoxy) is 1. The molecule has 1 amide bonds. The molecule has 3 atom stereocenters. The Labute approximate surface area is 215 Å². The van der Waals surface area contributed by atoms with E-state index in [9.17, 15) is 18.0 Å². The number of amides is 1. The zero-order chi connectivity index (χ0) is 26.4. The van der Waals surface area contributed by atoms with Crippen molar-refractivity contribution in [2.24, 2.45) is 0 Å². The molecule has 2 fully saturated rings. The zero-order valence-electron chi connectivity index (χ0n) is 20.1. The molecule has 0 aliphatic carbocycles. The number of carbonyl (C=O) groups excluding carboxylic acids is 1. The highest BCUT2D eigenvalue weighted by Crippen LogP contribution is 2.41. The molecular formula is C24H25ClF3N7O2. The van der Waals surface area contributed by atoms with E-state index >= 15 is 0 Å². The molecule has 2 aliphatic rings. The molecule has 2 bridgehead atoms. The van der Waals surface area contributed by atoms with E-state index in [0.29, 0.717) is 24.4 Å². The van der Waals surface area contributed by atoms with Crippen molar-refractivity contribution in [3.63, 3.8) is 0 Å². The van der Waals surface area contributed by atoms with Crippen molar-refractivity contribution in [3.05, 3.63) is 47.1 Å². The minimum atomic E-state index is -4.67. The maximum Gasteiger partial charge on any atom is 0.420 e. The number of halogens is 4. The van der Waals surface area contributed by atoms with Gasteiger partial charge in [-0.15, -0.1) is 10.2 Å². The maximum atomic E-state index is 13.5. The number of nitrogens with zero attached hydrogens (tertiary/aromatic N) is 5. The summed E-state index contributed by atoms with van der Waals surface area (Å²) in [6.07, 6.45) is 0.487. The number of hydrogen-bond donors (Lipinski definition) is 2. The molecule has 2 aliphatic heterocycles. The molecular weight excluding hydrogens is 511 g/mol. The van der Waals surface area contributed by atoms with Gasteiger partial charge in [0.05, 0.1) is 17.4 Å². The maximum absolute atomic E-state index is 13.5. The number of pyridine rings is 1. The third-order valence-corrected chi connectivity index (χ3v) is 7.08. The van der Waals surface area contributed by atoms with Crippen molar-refractivity contribution in [2.45, 2.75) is 69.4 Å². The van der Waals surface area contributed by atoms with Crippen LogP contribution in [0, 0.1) is 0 Å². The summed E-state index contributed by atoms with van der Waals surface area (Å²) < 4.78 is 46.0. The average Bonchev–Trinajstić information content (AvgIpc) is 3.46. The van der Waals surface area contributed by atoms with Gasteiger partial charge >= 0.3 is 6.18 Å². The summed E-state index contributed by atoms with van der Waals surface area (Å²) in [7, 11) is 0. The van der Waals surface area contributed by atoms with Crippen LogP contribution in [0.2, 0.25) is 5.02 Å². The van der Waals surface area contributed by atoms with Gasteiger partial charge in [-0.2, -0.15) is 18.4 Å². The summed E-state index contributed by atoms with van der Waals surface area (Å²) >= 11 is 5.75. The molecule has 1 unspecified atom stereocenters. The predicted octanol–water partition coefficient (Wildman–Crippen LogP) is 4.41. The number of benzene rings is 1. The minimum absolute atomic E-state index is 0.0659. The van der Waals surface area contributed by atoms with Crippen molar-refractivity contribution in [3.8, 4) is 17.3 Å². The fourth-order valence-electron chi connectivity index (χ4n) is 5.15. The molecule has 0 saturated carbocycles. The van der Waals surface area contributed by atoms with Gasteiger partial charge in [-0.1, -0.05) is 11.6 Å². The molecule has 5 rings (SSSR count). The normalized spacial score (nSPS) is 21.7. The molecule has 2 saturated heterocycles. The lowest BCUT2D eigenvalue weighted by atomic mass is 9.95. The number of alkyl halides is 3. The monoisotopic (exact) mass is 535 g/mol. The van der Waals surface area contributed by atoms with E-state index in [2.05, 4.69) is 35.8 Å². The first kappa shape index (κ1) is 25.2. The van der Waals surface area contributed by atoms with E-state index in [-0.39, 0.29) is 23.1 Å². The van der Waals surface area contributed by atoms with Crippen LogP contribution in [0.25, 0.3) is 11.5 Å². The smallest absolute Gasteiger partial charge is 0.420 e. The van der Waals surface area contributed by atoms with Gasteiger partial charge in [0, 0.05) is 23.1 Å². The van der Waals surface area contributed by atoms with Gasteiger partial charge in [-0.05, 0) is 75.1 Å². The Bertz CT molecular complexity index is 1250. The third kappa shape index (κ3) is 5.20. The summed E-state index contributed by atoms with van der Waals surface area (Å²) in [6.45, 7) is 2.91. The second-order valence-electron chi connectivity index (χ2n) is 9.82. The van der Waals surface area contributed by atoms with Gasteiger partial charge in [-0.3, -0.25) is 9.78 Å². The molecule has 2 aromatic heterocycles. The summed E-state index contributed by atoms with van der Waals surface area (Å²) in [5, 5.41) is 16.8. The number of piperidine rings is 1. The Morgan fingerprint density at radius 2 is 1.89 bits per heavy atom. The van der Waals surface area contributed by atoms with Crippen LogP contribution in [0.1, 0.15) is 45.1 Å². The molecule has 196 valence electrons. The number of anilines is 1. The number of hydrogen-bond acceptors (Lipinski definition) is 7. The van der Waals surface area contributed by atoms with E-state index in [4.69, 9.17) is 16.3 Å². The summed E-state index contributed by atoms with van der Waals surface area (Å²) in [4.78, 5) is 19.9. The quantitative estimate of drug-likeness (QED) is 0.481. The first-order valence-electron chi connectivity index (χ1n) is 11.9. The lowest BCUT2D eigenvalue weighted by Crippen LogP contribution is -2.55. The van der Waals surface area contributed by atoms with Crippen LogP contribution in [0.3, 0.4) is 0 Å². The van der Waals surface area contributed by atoms with Crippen LogP contribution >= 0.6 is 11.6 Å². The SMILES string of the molecule is CC(C)(Oc1ccc(Cl)cc1C(F)(F)F)C(=O)NC1C[C@H]2CC[C@@H](C1)N2c1ccc(-c2nn[nH]n2)nc1. The van der Waals surface area contributed by atoms with Gasteiger partial charge in [0.25, 0.3) is 5.91 Å². The summed E-state index contributed by atoms with van der Waals surface area (Å²) in [6, 6.07) is 7.35. The van der Waals surface area contributed by atoms with Crippen LogP contribution < -0.4 is 15.0 Å². The number of carbonyl (C=O) groups is 1. The molecule has 37 heavy (non-hydrogen) atoms. The fraction of sp³-hybridized carbons (Fsp3) is 0.458. The van der Waals surface area contributed by atoms with E-state index in [1.807, 2.05) is 12.1 Å². The number of fused-ring (bicyclic) bond motifs is 2. The number of aromatic nitrogens is 5. The Morgan fingerprint density at radius 3 is 2.49 bits per heavy atom. The van der Waals surface area contributed by atoms with Crippen molar-refractivity contribution in [1.29, 1.82) is 0 Å². The van der Waals surface area contributed by atoms with Crippen molar-refractivity contribution < 1.29 is 22.7 Å². The van der Waals surface area contributed by atoms with E-state index < -0.39 is 29.0 Å². The number of H-pyrrole nitrogens is 1. The lowest BCUT2D eigenvalue weighted by molar-refractivity contribution is -0.143. The fourth-order valence-corrected chi connectivity index (χ4v) is 5.32. The van der Waals surface area contributed by atoms with Crippen molar-refractivity contribution >= 4 is 23.2 Å². The van der Waals surface area contributed by atoms with Gasteiger partial charge < -0.3 is 15.0 Å². The molecule has 1 aromatic carbocycles. The molecule has 13 heteroatoms. The van der Waals surface area contributed by atoms with Crippen LogP contribution in [-0.2, 0) is 11.0 Å². The lowest BCUT2D eigenvalue weighted by Gasteiger charge is -2.41. The van der Waals surface area contributed by atoms with Gasteiger partial charge in [0.15, 0.2) is 5.60 Å². The van der Waals surface area contributed by atoms with Crippen molar-refractivity contribution in [1.82, 2.24) is 30.9 Å². The molecule has 3 aromatic rings. The predicted molar refractivity (Wildman–Crippen MR) is 129 cm³/mol. The Morgan fingerprint density at radius 1 is 1.16 bits per heavy atom. The van der Waals surface area contributed by atoms with Gasteiger partial charge in [0.1, 0.15) is 11.4 Å². The Balaban J connectivity index is 1.24. The zero-order valence-corrected chi connectivity index (χ0v) is 20.8. The molecule has 0 radical (unpaired) electrons. The number of tetrazole rings is 1. The first-order valence-corrected chi connectivity index (χ1v) is 12.2. The van der Waals surface area contributed by atoms with Crippen LogP contribution in [0.5, 0.6) is 5.75 Å².